The van der Waals surface area contributed by atoms with E-state index >= 15 is 0 Å². The lowest BCUT2D eigenvalue weighted by molar-refractivity contribution is 0.166. The van der Waals surface area contributed by atoms with E-state index in [1.165, 1.54) is 17.0 Å². The highest BCUT2D eigenvalue weighted by Crippen LogP contribution is 2.51. The van der Waals surface area contributed by atoms with Crippen LogP contribution in [0.5, 0.6) is 0 Å². The zero-order valence-electron chi connectivity index (χ0n) is 14.7. The predicted octanol–water partition coefficient (Wildman–Crippen LogP) is 2.99. The van der Waals surface area contributed by atoms with E-state index in [1.807, 2.05) is 18.0 Å². The molecule has 4 aliphatic rings. The number of hydrogen-bond donors (Lipinski definition) is 0. The molecule has 1 unspecified atom stereocenters. The summed E-state index contributed by atoms with van der Waals surface area (Å²) in [7, 11) is 0. The standard InChI is InChI=1S/C20H24N4S/c1-2-23-9-11-24(12-10-23)18-6-8-22-19-4-3-16(5-7-21)13-20(19)15-25-14-17(18)20/h3-6,8H,2,9-15H2,1H3. The molecule has 130 valence electrons. The minimum Gasteiger partial charge on any atom is -0.369 e. The van der Waals surface area contributed by atoms with E-state index in [-0.39, 0.29) is 5.41 Å². The molecule has 0 aromatic carbocycles. The van der Waals surface area contributed by atoms with Crippen molar-refractivity contribution in [2.75, 3.05) is 44.2 Å². The molecule has 2 saturated heterocycles. The molecule has 25 heavy (non-hydrogen) atoms. The van der Waals surface area contributed by atoms with Crippen LogP contribution in [-0.4, -0.2) is 59.7 Å². The third-order valence-corrected chi connectivity index (χ3v) is 6.98. The van der Waals surface area contributed by atoms with Crippen LogP contribution in [-0.2, 0) is 0 Å². The minimum absolute atomic E-state index is 0.0250. The highest BCUT2D eigenvalue weighted by Gasteiger charge is 2.46. The summed E-state index contributed by atoms with van der Waals surface area (Å²) in [6.45, 7) is 7.82. The first-order valence-corrected chi connectivity index (χ1v) is 10.2. The Kier molecular flexibility index (Phi) is 4.58. The second-order valence-electron chi connectivity index (χ2n) is 7.05. The molecule has 3 heterocycles. The first kappa shape index (κ1) is 16.7. The first-order chi connectivity index (χ1) is 12.3. The largest absolute Gasteiger partial charge is 0.369 e. The van der Waals surface area contributed by atoms with Crippen LogP contribution in [0.2, 0.25) is 0 Å². The van der Waals surface area contributed by atoms with Gasteiger partial charge in [-0.05, 0) is 36.3 Å². The molecule has 0 N–H and O–H groups in total. The number of piperazine rings is 1. The van der Waals surface area contributed by atoms with Crippen LogP contribution in [0.4, 0.5) is 0 Å². The Morgan fingerprint density at radius 3 is 2.88 bits per heavy atom. The van der Waals surface area contributed by atoms with Crippen molar-refractivity contribution in [2.45, 2.75) is 13.3 Å². The van der Waals surface area contributed by atoms with Crippen LogP contribution in [0.15, 0.2) is 52.3 Å². The number of rotatable bonds is 2. The zero-order valence-corrected chi connectivity index (χ0v) is 15.6. The molecule has 1 spiro atoms. The Bertz CT molecular complexity index is 744. The van der Waals surface area contributed by atoms with Gasteiger partial charge in [0.15, 0.2) is 0 Å². The van der Waals surface area contributed by atoms with Crippen molar-refractivity contribution in [1.82, 2.24) is 9.80 Å². The molecule has 4 nitrogen and oxygen atoms in total. The van der Waals surface area contributed by atoms with E-state index in [1.54, 1.807) is 6.08 Å². The molecule has 0 bridgehead atoms. The molecule has 2 fully saturated rings. The van der Waals surface area contributed by atoms with Gasteiger partial charge in [0.25, 0.3) is 0 Å². The van der Waals surface area contributed by atoms with Crippen LogP contribution in [0.1, 0.15) is 13.3 Å². The van der Waals surface area contributed by atoms with Gasteiger partial charge in [-0.2, -0.15) is 17.0 Å². The fraction of sp³-hybridized carbons (Fsp3) is 0.500. The monoisotopic (exact) mass is 352 g/mol. The van der Waals surface area contributed by atoms with Crippen molar-refractivity contribution in [3.8, 4) is 6.07 Å². The van der Waals surface area contributed by atoms with Gasteiger partial charge in [-0.15, -0.1) is 0 Å². The third-order valence-electron chi connectivity index (χ3n) is 5.79. The quantitative estimate of drug-likeness (QED) is 0.717. The molecule has 1 aliphatic carbocycles. The lowest BCUT2D eigenvalue weighted by Gasteiger charge is -2.39. The predicted molar refractivity (Wildman–Crippen MR) is 104 cm³/mol. The highest BCUT2D eigenvalue weighted by molar-refractivity contribution is 7.99. The normalized spacial score (nSPS) is 30.8. The number of allylic oxidation sites excluding steroid dienone is 5. The van der Waals surface area contributed by atoms with Crippen molar-refractivity contribution in [3.05, 3.63) is 47.3 Å². The second-order valence-corrected chi connectivity index (χ2v) is 8.03. The summed E-state index contributed by atoms with van der Waals surface area (Å²) in [6.07, 6.45) is 11.0. The summed E-state index contributed by atoms with van der Waals surface area (Å²) in [5.74, 6) is 2.13. The van der Waals surface area contributed by atoms with Gasteiger partial charge in [0.1, 0.15) is 0 Å². The molecule has 0 aromatic heterocycles. The van der Waals surface area contributed by atoms with Gasteiger partial charge in [-0.3, -0.25) is 4.99 Å². The summed E-state index contributed by atoms with van der Waals surface area (Å²) >= 11 is 2.00. The molecule has 0 saturated carbocycles. The Morgan fingerprint density at radius 2 is 2.12 bits per heavy atom. The number of likely N-dealkylation sites (N-methyl/N-ethyl adjacent to an activating group) is 1. The Morgan fingerprint density at radius 1 is 1.28 bits per heavy atom. The molecule has 0 radical (unpaired) electrons. The summed E-state index contributed by atoms with van der Waals surface area (Å²) in [6, 6.07) is 2.20. The number of nitriles is 1. The van der Waals surface area contributed by atoms with E-state index in [0.29, 0.717) is 0 Å². The SMILES string of the molecule is CCN1CCN(C2=C3CSCC34CC(=CC#N)C=CC4=NC=C2)CC1. The van der Waals surface area contributed by atoms with Gasteiger partial charge < -0.3 is 9.80 Å². The molecule has 0 aromatic rings. The maximum absolute atomic E-state index is 9.08. The molecule has 1 atom stereocenters. The van der Waals surface area contributed by atoms with Gasteiger partial charge >= 0.3 is 0 Å². The van der Waals surface area contributed by atoms with Crippen molar-refractivity contribution in [3.63, 3.8) is 0 Å². The highest BCUT2D eigenvalue weighted by atomic mass is 32.2. The van der Waals surface area contributed by atoms with Gasteiger partial charge in [-0.25, -0.2) is 0 Å². The lowest BCUT2D eigenvalue weighted by atomic mass is 9.70. The summed E-state index contributed by atoms with van der Waals surface area (Å²) in [5, 5.41) is 9.08. The van der Waals surface area contributed by atoms with Crippen LogP contribution >= 0.6 is 11.8 Å². The fourth-order valence-electron chi connectivity index (χ4n) is 4.34. The number of aliphatic imine (C=N–C) groups is 1. The van der Waals surface area contributed by atoms with Gasteiger partial charge in [-0.1, -0.05) is 13.0 Å². The van der Waals surface area contributed by atoms with Crippen molar-refractivity contribution in [2.24, 2.45) is 10.4 Å². The molecule has 4 rings (SSSR count). The van der Waals surface area contributed by atoms with Crippen LogP contribution in [0.3, 0.4) is 0 Å². The van der Waals surface area contributed by atoms with Crippen molar-refractivity contribution < 1.29 is 0 Å². The number of hydrogen-bond acceptors (Lipinski definition) is 5. The van der Waals surface area contributed by atoms with Gasteiger partial charge in [0, 0.05) is 61.1 Å². The van der Waals surface area contributed by atoms with Crippen LogP contribution in [0.25, 0.3) is 0 Å². The minimum atomic E-state index is -0.0250. The van der Waals surface area contributed by atoms with Crippen LogP contribution < -0.4 is 0 Å². The maximum Gasteiger partial charge on any atom is 0.0914 e. The Labute approximate surface area is 154 Å². The van der Waals surface area contributed by atoms with Crippen molar-refractivity contribution in [1.29, 1.82) is 5.26 Å². The maximum atomic E-state index is 9.08. The molecule has 3 aliphatic heterocycles. The van der Waals surface area contributed by atoms with E-state index in [2.05, 4.69) is 41.0 Å². The van der Waals surface area contributed by atoms with Crippen molar-refractivity contribution >= 4 is 17.5 Å². The topological polar surface area (TPSA) is 42.6 Å². The summed E-state index contributed by atoms with van der Waals surface area (Å²) < 4.78 is 0. The average molecular weight is 353 g/mol. The average Bonchev–Trinajstić information content (AvgIpc) is 2.97. The van der Waals surface area contributed by atoms with Gasteiger partial charge in [0.2, 0.25) is 0 Å². The molecular weight excluding hydrogens is 328 g/mol. The summed E-state index contributed by atoms with van der Waals surface area (Å²) in [5.41, 5.74) is 5.16. The lowest BCUT2D eigenvalue weighted by Crippen LogP contribution is -2.46. The smallest absolute Gasteiger partial charge is 0.0914 e. The number of nitrogens with zero attached hydrogens (tertiary/aromatic N) is 4. The fourth-order valence-corrected chi connectivity index (χ4v) is 5.84. The second kappa shape index (κ2) is 6.86. The van der Waals surface area contributed by atoms with E-state index < -0.39 is 0 Å². The summed E-state index contributed by atoms with van der Waals surface area (Å²) in [4.78, 5) is 9.86. The van der Waals surface area contributed by atoms with Crippen LogP contribution in [0, 0.1) is 16.7 Å². The first-order valence-electron chi connectivity index (χ1n) is 9.07. The van der Waals surface area contributed by atoms with E-state index in [4.69, 9.17) is 10.3 Å². The number of thioether (sulfide) groups is 1. The van der Waals surface area contributed by atoms with E-state index in [0.717, 1.165) is 56.2 Å². The molecule has 5 heteroatoms. The Hall–Kier alpha value is -1.77. The molecular formula is C20H24N4S. The molecule has 0 amide bonds. The zero-order chi connectivity index (χ0) is 17.3. The third kappa shape index (κ3) is 2.88. The van der Waals surface area contributed by atoms with E-state index in [9.17, 15) is 0 Å². The van der Waals surface area contributed by atoms with Gasteiger partial charge in [0.05, 0.1) is 11.8 Å². The Balaban J connectivity index is 1.72.